The highest BCUT2D eigenvalue weighted by molar-refractivity contribution is 5.76. The lowest BCUT2D eigenvalue weighted by atomic mass is 10.5. The smallest absolute Gasteiger partial charge is 0.259 e. The van der Waals surface area contributed by atoms with Gasteiger partial charge in [-0.3, -0.25) is 9.63 Å². The first kappa shape index (κ1) is 9.39. The molecule has 1 amide bonds. The summed E-state index contributed by atoms with van der Waals surface area (Å²) >= 11 is 0. The van der Waals surface area contributed by atoms with Crippen LogP contribution in [0.2, 0.25) is 0 Å². The van der Waals surface area contributed by atoms with E-state index in [1.54, 1.807) is 11.9 Å². The van der Waals surface area contributed by atoms with E-state index in [0.29, 0.717) is 6.54 Å². The number of nitrogens with zero attached hydrogens (tertiary/aromatic N) is 2. The zero-order valence-electron chi connectivity index (χ0n) is 6.92. The number of hydrogen-bond acceptors (Lipinski definition) is 3. The second-order valence-corrected chi connectivity index (χ2v) is 2.31. The molecule has 0 N–H and O–H groups in total. The molecule has 0 saturated carbocycles. The van der Waals surface area contributed by atoms with Crippen LogP contribution < -0.4 is 0 Å². The van der Waals surface area contributed by atoms with Crippen molar-refractivity contribution in [1.82, 2.24) is 9.96 Å². The van der Waals surface area contributed by atoms with Gasteiger partial charge in [0.2, 0.25) is 0 Å². The lowest BCUT2D eigenvalue weighted by Crippen LogP contribution is -2.34. The highest BCUT2D eigenvalue weighted by atomic mass is 16.7. The maximum atomic E-state index is 10.9. The Hall–Kier alpha value is -0.610. The van der Waals surface area contributed by atoms with Gasteiger partial charge in [-0.05, 0) is 14.1 Å². The fourth-order valence-electron chi connectivity index (χ4n) is 0.472. The normalized spacial score (nSPS) is 10.1. The molecular weight excluding hydrogens is 132 g/mol. The van der Waals surface area contributed by atoms with Crippen molar-refractivity contribution in [2.75, 3.05) is 34.8 Å². The molecule has 60 valence electrons. The van der Waals surface area contributed by atoms with Gasteiger partial charge in [-0.25, -0.2) is 5.06 Å². The Morgan fingerprint density at radius 2 is 1.90 bits per heavy atom. The van der Waals surface area contributed by atoms with Crippen molar-refractivity contribution < 1.29 is 9.63 Å². The van der Waals surface area contributed by atoms with Crippen LogP contribution in [0.3, 0.4) is 0 Å². The molecule has 0 aliphatic rings. The minimum Gasteiger partial charge on any atom is -0.301 e. The Morgan fingerprint density at radius 3 is 2.20 bits per heavy atom. The number of hydrogen-bond donors (Lipinski definition) is 0. The highest BCUT2D eigenvalue weighted by Crippen LogP contribution is 1.85. The Morgan fingerprint density at radius 1 is 1.40 bits per heavy atom. The van der Waals surface area contributed by atoms with Gasteiger partial charge >= 0.3 is 0 Å². The van der Waals surface area contributed by atoms with E-state index in [2.05, 4.69) is 4.84 Å². The SMILES string of the molecule is CON(C)C(=O)CN(C)C. The molecule has 0 rings (SSSR count). The molecule has 0 aliphatic carbocycles. The first-order valence-corrected chi connectivity index (χ1v) is 3.03. The fraction of sp³-hybridized carbons (Fsp3) is 0.833. The first-order valence-electron chi connectivity index (χ1n) is 3.03. The van der Waals surface area contributed by atoms with Crippen LogP contribution in [0, 0.1) is 0 Å². The molecule has 0 heterocycles. The maximum Gasteiger partial charge on any atom is 0.259 e. The molecule has 0 unspecified atom stereocenters. The zero-order chi connectivity index (χ0) is 8.15. The minimum atomic E-state index is -0.0486. The molecule has 0 aromatic rings. The molecule has 0 fully saturated rings. The number of likely N-dealkylation sites (N-methyl/N-ethyl adjacent to an activating group) is 2. The molecule has 0 aliphatic heterocycles. The average Bonchev–Trinajstić information content (AvgIpc) is 1.85. The standard InChI is InChI=1S/C6H14N2O2/c1-7(2)5-6(9)8(3)10-4/h5H2,1-4H3. The number of carbonyl (C=O) groups excluding carboxylic acids is 1. The van der Waals surface area contributed by atoms with Gasteiger partial charge in [-0.15, -0.1) is 0 Å². The van der Waals surface area contributed by atoms with Gasteiger partial charge in [0.1, 0.15) is 0 Å². The number of rotatable bonds is 3. The van der Waals surface area contributed by atoms with Crippen LogP contribution in [-0.2, 0) is 9.63 Å². The Labute approximate surface area is 61.3 Å². The van der Waals surface area contributed by atoms with E-state index in [1.807, 2.05) is 14.1 Å². The first-order chi connectivity index (χ1) is 4.57. The van der Waals surface area contributed by atoms with Gasteiger partial charge in [0.25, 0.3) is 5.91 Å². The van der Waals surface area contributed by atoms with Crippen LogP contribution >= 0.6 is 0 Å². The topological polar surface area (TPSA) is 32.8 Å². The predicted octanol–water partition coefficient (Wildman–Crippen LogP) is -0.432. The molecule has 0 saturated heterocycles. The van der Waals surface area contributed by atoms with E-state index in [0.717, 1.165) is 0 Å². The average molecular weight is 146 g/mol. The zero-order valence-corrected chi connectivity index (χ0v) is 6.92. The monoisotopic (exact) mass is 146 g/mol. The number of carbonyl (C=O) groups is 1. The molecule has 0 aromatic carbocycles. The van der Waals surface area contributed by atoms with Crippen LogP contribution in [0.5, 0.6) is 0 Å². The number of hydroxylamine groups is 2. The van der Waals surface area contributed by atoms with Gasteiger partial charge in [-0.1, -0.05) is 0 Å². The summed E-state index contributed by atoms with van der Waals surface area (Å²) in [6.45, 7) is 0.379. The summed E-state index contributed by atoms with van der Waals surface area (Å²) in [5.41, 5.74) is 0. The molecule has 0 radical (unpaired) electrons. The van der Waals surface area contributed by atoms with Crippen LogP contribution in [0.4, 0.5) is 0 Å². The Balaban J connectivity index is 3.62. The summed E-state index contributed by atoms with van der Waals surface area (Å²) in [6.07, 6.45) is 0. The van der Waals surface area contributed by atoms with Crippen molar-refractivity contribution in [1.29, 1.82) is 0 Å². The quantitative estimate of drug-likeness (QED) is 0.506. The van der Waals surface area contributed by atoms with E-state index in [9.17, 15) is 4.79 Å². The largest absolute Gasteiger partial charge is 0.301 e. The molecule has 4 heteroatoms. The minimum absolute atomic E-state index is 0.0486. The fourth-order valence-corrected chi connectivity index (χ4v) is 0.472. The molecule has 0 atom stereocenters. The summed E-state index contributed by atoms with van der Waals surface area (Å²) in [5, 5.41) is 1.21. The van der Waals surface area contributed by atoms with Crippen LogP contribution in [0.15, 0.2) is 0 Å². The highest BCUT2D eigenvalue weighted by Gasteiger charge is 2.07. The molecule has 10 heavy (non-hydrogen) atoms. The van der Waals surface area contributed by atoms with Crippen LogP contribution in [0.25, 0.3) is 0 Å². The summed E-state index contributed by atoms with van der Waals surface area (Å²) < 4.78 is 0. The van der Waals surface area contributed by atoms with Gasteiger partial charge < -0.3 is 4.90 Å². The third kappa shape index (κ3) is 3.42. The Kier molecular flexibility index (Phi) is 3.99. The van der Waals surface area contributed by atoms with Gasteiger partial charge in [0, 0.05) is 7.05 Å². The summed E-state index contributed by atoms with van der Waals surface area (Å²) in [7, 11) is 6.72. The third-order valence-electron chi connectivity index (χ3n) is 1.08. The third-order valence-corrected chi connectivity index (χ3v) is 1.08. The molecule has 4 nitrogen and oxygen atoms in total. The summed E-state index contributed by atoms with van der Waals surface area (Å²) in [6, 6.07) is 0. The summed E-state index contributed by atoms with van der Waals surface area (Å²) in [4.78, 5) is 17.4. The van der Waals surface area contributed by atoms with Crippen molar-refractivity contribution in [2.24, 2.45) is 0 Å². The summed E-state index contributed by atoms with van der Waals surface area (Å²) in [5.74, 6) is -0.0486. The van der Waals surface area contributed by atoms with Crippen molar-refractivity contribution in [2.45, 2.75) is 0 Å². The lowest BCUT2D eigenvalue weighted by molar-refractivity contribution is -0.169. The van der Waals surface area contributed by atoms with E-state index < -0.39 is 0 Å². The van der Waals surface area contributed by atoms with E-state index in [4.69, 9.17) is 0 Å². The molecule has 0 bridgehead atoms. The van der Waals surface area contributed by atoms with Crippen molar-refractivity contribution in [3.8, 4) is 0 Å². The second-order valence-electron chi connectivity index (χ2n) is 2.31. The second kappa shape index (κ2) is 4.24. The van der Waals surface area contributed by atoms with Gasteiger partial charge in [0.05, 0.1) is 13.7 Å². The van der Waals surface area contributed by atoms with Crippen molar-refractivity contribution >= 4 is 5.91 Å². The van der Waals surface area contributed by atoms with Crippen LogP contribution in [-0.4, -0.2) is 50.7 Å². The van der Waals surface area contributed by atoms with Gasteiger partial charge in [0.15, 0.2) is 0 Å². The lowest BCUT2D eigenvalue weighted by Gasteiger charge is -2.16. The van der Waals surface area contributed by atoms with Crippen LogP contribution in [0.1, 0.15) is 0 Å². The maximum absolute atomic E-state index is 10.9. The predicted molar refractivity (Wildman–Crippen MR) is 38.3 cm³/mol. The van der Waals surface area contributed by atoms with E-state index in [-0.39, 0.29) is 5.91 Å². The molecular formula is C6H14N2O2. The molecule has 0 spiro atoms. The Bertz CT molecular complexity index is 114. The van der Waals surface area contributed by atoms with Crippen molar-refractivity contribution in [3.05, 3.63) is 0 Å². The molecule has 0 aromatic heterocycles. The van der Waals surface area contributed by atoms with Crippen molar-refractivity contribution in [3.63, 3.8) is 0 Å². The number of amides is 1. The van der Waals surface area contributed by atoms with Gasteiger partial charge in [-0.2, -0.15) is 0 Å². The van der Waals surface area contributed by atoms with E-state index in [1.165, 1.54) is 12.2 Å². The van der Waals surface area contributed by atoms with E-state index >= 15 is 0 Å².